The fourth-order valence-electron chi connectivity index (χ4n) is 0.873. The fourth-order valence-corrected chi connectivity index (χ4v) is 0.873. The van der Waals surface area contributed by atoms with E-state index in [-0.39, 0.29) is 18.8 Å². The summed E-state index contributed by atoms with van der Waals surface area (Å²) in [5, 5.41) is 0. The van der Waals surface area contributed by atoms with Crippen molar-refractivity contribution in [2.75, 3.05) is 27.7 Å². The summed E-state index contributed by atoms with van der Waals surface area (Å²) in [6.45, 7) is -3.39. The van der Waals surface area contributed by atoms with Crippen molar-refractivity contribution >= 4 is 0 Å². The van der Waals surface area contributed by atoms with Gasteiger partial charge in [0.2, 0.25) is 0 Å². The predicted octanol–water partition coefficient (Wildman–Crippen LogP) is 1.23. The molecule has 0 saturated carbocycles. The van der Waals surface area contributed by atoms with Crippen molar-refractivity contribution in [1.82, 2.24) is 0 Å². The average molecular weight is 267 g/mol. The zero-order valence-electron chi connectivity index (χ0n) is 26.9. The van der Waals surface area contributed by atoms with E-state index < -0.39 is 57.9 Å². The lowest BCUT2D eigenvalue weighted by atomic mass is 10.1. The van der Waals surface area contributed by atoms with Gasteiger partial charge in [-0.3, -0.25) is 0 Å². The Balaban J connectivity index is 0. The maximum absolute atomic E-state index is 8.06. The van der Waals surface area contributed by atoms with Gasteiger partial charge in [-0.1, -0.05) is 51.5 Å². The van der Waals surface area contributed by atoms with Crippen LogP contribution in [-0.4, -0.2) is 32.2 Å². The van der Waals surface area contributed by atoms with E-state index >= 15 is 0 Å². The topological polar surface area (TPSA) is 0 Å². The molecule has 0 spiro atoms. The summed E-state index contributed by atoms with van der Waals surface area (Å²) in [6.07, 6.45) is -27.8. The van der Waals surface area contributed by atoms with Crippen LogP contribution in [0.25, 0.3) is 0 Å². The van der Waals surface area contributed by atoms with Crippen LogP contribution in [0.2, 0.25) is 0 Å². The zero-order valence-corrected chi connectivity index (χ0v) is 10.7. The highest BCUT2D eigenvalue weighted by molar-refractivity contribution is 4.46. The number of quaternary nitrogens is 1. The highest BCUT2D eigenvalue weighted by Gasteiger charge is 2.04. The molecule has 0 bridgehead atoms. The second-order valence-electron chi connectivity index (χ2n) is 4.04. The summed E-state index contributed by atoms with van der Waals surface area (Å²) in [4.78, 5) is 0. The van der Waals surface area contributed by atoms with Gasteiger partial charge in [0.05, 0.1) is 27.7 Å². The van der Waals surface area contributed by atoms with Gasteiger partial charge in [-0.05, 0) is 12.8 Å². The van der Waals surface area contributed by atoms with Crippen LogP contribution in [-0.2, 0) is 0 Å². The molecule has 0 heterocycles. The van der Waals surface area contributed by atoms with E-state index in [4.69, 9.17) is 23.3 Å². The first kappa shape index (κ1) is 3.87. The lowest BCUT2D eigenvalue weighted by Crippen LogP contribution is -3.00. The van der Waals surface area contributed by atoms with E-state index in [0.29, 0.717) is 11.0 Å². The highest BCUT2D eigenvalue weighted by Crippen LogP contribution is 2.10. The number of rotatable bonds is 10. The smallest absolute Gasteiger partial charge is 0.0780 e. The Kier molecular flexibility index (Phi) is 2.84. The van der Waals surface area contributed by atoms with E-state index in [1.807, 2.05) is 0 Å². The number of halogens is 1. The molecule has 0 aromatic rings. The van der Waals surface area contributed by atoms with Crippen molar-refractivity contribution < 1.29 is 40.2 Å². The molecule has 16 heavy (non-hydrogen) atoms. The van der Waals surface area contributed by atoms with Gasteiger partial charge in [0.1, 0.15) is 0 Å². The molecule has 2 heteroatoms. The molecule has 1 nitrogen and oxygen atoms in total. The molecule has 0 N–H and O–H groups in total. The second-order valence-corrected chi connectivity index (χ2v) is 4.04. The summed E-state index contributed by atoms with van der Waals surface area (Å²) >= 11 is 0. The van der Waals surface area contributed by atoms with E-state index in [9.17, 15) is 0 Å². The van der Waals surface area contributed by atoms with Crippen LogP contribution in [0.1, 0.15) is 87.6 Å². The molecule has 0 atom stereocenters. The second kappa shape index (κ2) is 11.7. The monoisotopic (exact) mass is 266 g/mol. The van der Waals surface area contributed by atoms with Gasteiger partial charge in [-0.2, -0.15) is 0 Å². The van der Waals surface area contributed by atoms with Gasteiger partial charge in [0, 0.05) is 23.3 Å². The molecule has 0 saturated heterocycles. The molecule has 0 fully saturated rings. The Hall–Kier alpha value is 0.250. The van der Waals surface area contributed by atoms with Gasteiger partial charge >= 0.3 is 0 Å². The van der Waals surface area contributed by atoms with Crippen LogP contribution >= 0.6 is 0 Å². The lowest BCUT2D eigenvalue weighted by molar-refractivity contribution is -0.870. The van der Waals surface area contributed by atoms with Crippen LogP contribution in [0.5, 0.6) is 0 Å². The number of hydrogen-bond donors (Lipinski definition) is 0. The van der Waals surface area contributed by atoms with Crippen molar-refractivity contribution in [3.8, 4) is 0 Å². The minimum atomic E-state index is -4.23. The van der Waals surface area contributed by atoms with Crippen LogP contribution < -0.4 is 12.4 Å². The SMILES string of the molecule is [2H]C([2H])([2H])C([2H])([2H])C([2H])([2H])C([2H])([2H])C([2H])([2H])C([2H])([2H])C([2H])([2H])C([2H])([2H])CCC[N+](C)(C)C.[Cl-]. The van der Waals surface area contributed by atoms with E-state index in [1.165, 1.54) is 0 Å². The van der Waals surface area contributed by atoms with Gasteiger partial charge in [0.15, 0.2) is 0 Å². The summed E-state index contributed by atoms with van der Waals surface area (Å²) in [7, 11) is 5.37. The Bertz CT molecular complexity index is 662. The van der Waals surface area contributed by atoms with Crippen molar-refractivity contribution in [2.45, 2.75) is 64.3 Å². The minimum absolute atomic E-state index is 0. The van der Waals surface area contributed by atoms with Gasteiger partial charge in [0.25, 0.3) is 0 Å². The van der Waals surface area contributed by atoms with Crippen LogP contribution in [0.4, 0.5) is 0 Å². The third-order valence-electron chi connectivity index (χ3n) is 1.53. The molecule has 100 valence electrons. The molecule has 0 unspecified atom stereocenters. The van der Waals surface area contributed by atoms with E-state index in [0.717, 1.165) is 0 Å². The first-order valence-electron chi connectivity index (χ1n) is 13.3. The third kappa shape index (κ3) is 16.7. The van der Waals surface area contributed by atoms with Crippen molar-refractivity contribution in [2.24, 2.45) is 0 Å². The maximum Gasteiger partial charge on any atom is 0.0780 e. The third-order valence-corrected chi connectivity index (χ3v) is 1.53. The van der Waals surface area contributed by atoms with Gasteiger partial charge in [-0.25, -0.2) is 0 Å². The molecule has 0 aromatic carbocycles. The highest BCUT2D eigenvalue weighted by atomic mass is 35.5. The quantitative estimate of drug-likeness (QED) is 0.522. The van der Waals surface area contributed by atoms with Crippen molar-refractivity contribution in [3.63, 3.8) is 0 Å². The number of hydrogen-bond acceptors (Lipinski definition) is 0. The fraction of sp³-hybridized carbons (Fsp3) is 1.00. The Labute approximate surface area is 133 Å². The average Bonchev–Trinajstić information content (AvgIpc) is 2.50. The molecular formula is C14H32ClN. The number of nitrogens with zero attached hydrogens (tertiary/aromatic N) is 1. The first-order chi connectivity index (χ1) is 13.5. The van der Waals surface area contributed by atoms with Gasteiger partial charge < -0.3 is 16.9 Å². The molecule has 0 aliphatic rings. The van der Waals surface area contributed by atoms with Gasteiger partial charge in [-0.15, -0.1) is 0 Å². The van der Waals surface area contributed by atoms with Crippen LogP contribution in [0.3, 0.4) is 0 Å². The van der Waals surface area contributed by atoms with Crippen LogP contribution in [0.15, 0.2) is 0 Å². The summed E-state index contributed by atoms with van der Waals surface area (Å²) < 4.78 is 133. The molecule has 0 radical (unpaired) electrons. The van der Waals surface area contributed by atoms with Crippen molar-refractivity contribution in [1.29, 1.82) is 0 Å². The minimum Gasteiger partial charge on any atom is -1.00 e. The van der Waals surface area contributed by atoms with Crippen LogP contribution in [0, 0.1) is 0 Å². The van der Waals surface area contributed by atoms with E-state index in [2.05, 4.69) is 0 Å². The normalized spacial score (nSPS) is 34.1. The molecular weight excluding hydrogens is 218 g/mol. The standard InChI is InChI=1S/C14H32N.ClH/c1-5-6-7-8-9-10-11-12-13-14-15(2,3)4;/h5-14H2,1-4H3;1H/q+1;/p-1/i1D3,5D2,6D2,7D2,8D2,9D2,10D2,11D2;. The largest absolute Gasteiger partial charge is 1.00 e. The molecule has 0 rings (SSSR count). The Morgan fingerprint density at radius 1 is 0.875 bits per heavy atom. The van der Waals surface area contributed by atoms with E-state index in [1.54, 1.807) is 21.1 Å². The Morgan fingerprint density at radius 3 is 2.00 bits per heavy atom. The summed E-state index contributed by atoms with van der Waals surface area (Å²) in [6, 6.07) is 0. The molecule has 0 aliphatic carbocycles. The Morgan fingerprint density at radius 2 is 1.44 bits per heavy atom. The molecule has 0 aliphatic heterocycles. The summed E-state index contributed by atoms with van der Waals surface area (Å²) in [5.74, 6) is 0. The first-order valence-corrected chi connectivity index (χ1v) is 4.76. The molecule has 0 amide bonds. The molecule has 0 aromatic heterocycles. The zero-order chi connectivity index (χ0) is 26.6. The lowest BCUT2D eigenvalue weighted by Gasteiger charge is -2.23. The summed E-state index contributed by atoms with van der Waals surface area (Å²) in [5.41, 5.74) is 0. The predicted molar refractivity (Wildman–Crippen MR) is 70.1 cm³/mol. The van der Waals surface area contributed by atoms with Crippen molar-refractivity contribution in [3.05, 3.63) is 0 Å². The maximum atomic E-state index is 8.06.